The molecule has 5 heterocycles. The number of aromatic nitrogens is 5. The van der Waals surface area contributed by atoms with E-state index in [1.165, 1.54) is 135 Å². The molecular formula is C124H158F5N5O5. The van der Waals surface area contributed by atoms with Crippen LogP contribution in [-0.2, 0) is 24.0 Å². The maximum atomic E-state index is 13.9. The third kappa shape index (κ3) is 25.3. The molecule has 0 amide bonds. The Bertz CT molecular complexity index is 5740. The molecule has 20 rings (SSSR count). The molecule has 0 saturated heterocycles. The van der Waals surface area contributed by atoms with Crippen LogP contribution in [0.1, 0.15) is 362 Å². The normalized spacial score (nSPS) is 28.0. The summed E-state index contributed by atoms with van der Waals surface area (Å²) < 4.78 is 69.0. The highest BCUT2D eigenvalue weighted by Crippen LogP contribution is 2.62. The molecule has 0 spiro atoms. The molecule has 0 N–H and O–H groups in total. The lowest BCUT2D eigenvalue weighted by Gasteiger charge is -2.33. The van der Waals surface area contributed by atoms with Crippen molar-refractivity contribution in [1.82, 2.24) is 24.9 Å². The number of pyridine rings is 5. The second kappa shape index (κ2) is 41.8. The number of nitrogens with zero attached hydrogens (tertiary/aromatic N) is 5. The van der Waals surface area contributed by atoms with E-state index in [0.29, 0.717) is 156 Å². The predicted octanol–water partition coefficient (Wildman–Crippen LogP) is 32.6. The van der Waals surface area contributed by atoms with Crippen LogP contribution in [0.25, 0.3) is 54.5 Å². The van der Waals surface area contributed by atoms with Crippen LogP contribution in [0.4, 0.5) is 22.0 Å². The van der Waals surface area contributed by atoms with Gasteiger partial charge in [-0.25, -0.2) is 22.0 Å². The fourth-order valence-corrected chi connectivity index (χ4v) is 28.7. The van der Waals surface area contributed by atoms with Crippen molar-refractivity contribution in [1.29, 1.82) is 0 Å². The highest BCUT2D eigenvalue weighted by Gasteiger charge is 2.52. The van der Waals surface area contributed by atoms with Crippen molar-refractivity contribution in [2.45, 2.75) is 335 Å². The van der Waals surface area contributed by atoms with Crippen molar-refractivity contribution >= 4 is 83.4 Å². The zero-order valence-electron chi connectivity index (χ0n) is 86.9. The molecule has 0 bridgehead atoms. The summed E-state index contributed by atoms with van der Waals surface area (Å²) in [6.45, 7) is 40.8. The van der Waals surface area contributed by atoms with Crippen molar-refractivity contribution in [3.8, 4) is 0 Å². The molecule has 12 unspecified atom stereocenters. The first-order valence-electron chi connectivity index (χ1n) is 53.4. The van der Waals surface area contributed by atoms with Crippen molar-refractivity contribution in [3.05, 3.63) is 209 Å². The van der Waals surface area contributed by atoms with Crippen LogP contribution >= 0.6 is 0 Å². The number of carbonyl (C=O) groups is 5. The van der Waals surface area contributed by atoms with Crippen LogP contribution in [-0.4, -0.2) is 53.8 Å². The third-order valence-electron chi connectivity index (χ3n) is 35.0. The first-order chi connectivity index (χ1) is 65.5. The average Bonchev–Trinajstić information content (AvgIpc) is 1.61. The second-order valence-corrected chi connectivity index (χ2v) is 52.4. The molecule has 10 aliphatic carbocycles. The molecule has 22 atom stereocenters. The zero-order valence-corrected chi connectivity index (χ0v) is 86.9. The molecule has 10 aliphatic rings. The minimum absolute atomic E-state index is 0.0472. The maximum absolute atomic E-state index is 13.9. The summed E-state index contributed by atoms with van der Waals surface area (Å²) in [5.41, 5.74) is 10.8. The molecule has 5 aromatic carbocycles. The Morgan fingerprint density at radius 3 is 0.698 bits per heavy atom. The number of hydrogen-bond acceptors (Lipinski definition) is 10. The molecular weight excluding hydrogens is 1730 g/mol. The molecule has 10 fully saturated rings. The molecule has 5 aromatic heterocycles. The molecule has 15 heteroatoms. The number of carbonyl (C=O) groups excluding carboxylic acids is 5. The van der Waals surface area contributed by atoms with Gasteiger partial charge in [-0.1, -0.05) is 132 Å². The van der Waals surface area contributed by atoms with E-state index in [-0.39, 0.29) is 73.4 Å². The SMILES string of the molecule is CC(C(=O)CC(C)(C)C)C1C[C@H]2CC(c3ccnc4ccc(F)cc34)C[C@H]2C1.CC(C(=O)CC(C)(C)C)C1C[C@H]2CC(c3ccnc4ccc(F)cc34)C[C@H]2C1.CC(C)(C)CC(=O)C(C)(C)C1C[C@H]2CC(c3ccnc4ccc(F)cc34)C[C@H]2C1.CC(C)(C)CC(=O)CC1C[C@@H]2CC(c3ccnc4ccc(F)cc34)C[C@@H]2C1.CC(C)(C)CC(=O)CC1C[C@@H]2CC(c3ccnc4ccc(F)cc34)C[C@@H]2C1. The van der Waals surface area contributed by atoms with Gasteiger partial charge in [0.15, 0.2) is 0 Å². The zero-order chi connectivity index (χ0) is 99.4. The quantitative estimate of drug-likeness (QED) is 0.0675. The Labute approximate surface area is 826 Å². The van der Waals surface area contributed by atoms with Gasteiger partial charge in [0.1, 0.15) is 58.0 Å². The number of rotatable bonds is 20. The molecule has 0 radical (unpaired) electrons. The Kier molecular flexibility index (Phi) is 31.0. The summed E-state index contributed by atoms with van der Waals surface area (Å²) >= 11 is 0. The van der Waals surface area contributed by atoms with Gasteiger partial charge in [0, 0.05) is 120 Å². The van der Waals surface area contributed by atoms with Gasteiger partial charge in [-0.05, 0) is 423 Å². The molecule has 10 aromatic rings. The van der Waals surface area contributed by atoms with E-state index >= 15 is 0 Å². The van der Waals surface area contributed by atoms with Gasteiger partial charge in [-0.3, -0.25) is 48.9 Å². The monoisotopic (exact) mass is 1890 g/mol. The highest BCUT2D eigenvalue weighted by atomic mass is 19.1. The van der Waals surface area contributed by atoms with Crippen LogP contribution < -0.4 is 0 Å². The van der Waals surface area contributed by atoms with Gasteiger partial charge >= 0.3 is 0 Å². The molecule has 0 aliphatic heterocycles. The first-order valence-corrected chi connectivity index (χ1v) is 53.4. The summed E-state index contributed by atoms with van der Waals surface area (Å²) in [6.07, 6.45) is 37.6. The van der Waals surface area contributed by atoms with Crippen molar-refractivity contribution < 1.29 is 45.9 Å². The van der Waals surface area contributed by atoms with E-state index in [0.717, 1.165) is 142 Å². The van der Waals surface area contributed by atoms with Gasteiger partial charge in [0.2, 0.25) is 0 Å². The van der Waals surface area contributed by atoms with E-state index in [1.54, 1.807) is 60.7 Å². The molecule has 139 heavy (non-hydrogen) atoms. The first kappa shape index (κ1) is 103. The van der Waals surface area contributed by atoms with Gasteiger partial charge in [0.25, 0.3) is 0 Å². The van der Waals surface area contributed by atoms with E-state index in [2.05, 4.69) is 187 Å². The standard InChI is InChI=1S/C26H34FNO.2C25H32FNO.2C24H30FNO/c1-25(2,3)15-24(29)26(4,5)19-12-16-10-18(11-17(16)13-19)21-8-9-28-23-7-6-20(27)14-22(21)23;2*1-15(24(28)14-25(2,3)4)16-9-17-11-19(12-18(17)10-16)21-7-8-27-23-6-5-20(26)13-22(21)23;2*1-24(2,3)14-20(27)10-15-8-16-11-18(12-17(16)9-15)21-6-7-26-23-5-4-19(25)13-22(21)23/h6-9,14,16-19H,10-13,15H2,1-5H3;2*5-8,13,15-19H,9-12,14H2,1-4H3;2*4-7,13,15-18H,8-12,14H2,1-3H3/t16-,17+,18?,19?;2*15?,16?,17-,18+,19?;2*15?,16-,17+,18?. The Hall–Kier alpha value is -8.85. The largest absolute Gasteiger partial charge is 0.300 e. The lowest BCUT2D eigenvalue weighted by atomic mass is 9.69. The van der Waals surface area contributed by atoms with Crippen LogP contribution in [0, 0.1) is 162 Å². The minimum atomic E-state index is -0.236. The predicted molar refractivity (Wildman–Crippen MR) is 554 cm³/mol. The fraction of sp³-hybridized carbons (Fsp3) is 0.597. The van der Waals surface area contributed by atoms with Crippen molar-refractivity contribution in [2.75, 3.05) is 0 Å². The fourth-order valence-electron chi connectivity index (χ4n) is 28.7. The van der Waals surface area contributed by atoms with E-state index in [9.17, 15) is 45.9 Å². The van der Waals surface area contributed by atoms with Gasteiger partial charge in [-0.2, -0.15) is 0 Å². The van der Waals surface area contributed by atoms with E-state index in [1.807, 2.05) is 31.0 Å². The van der Waals surface area contributed by atoms with Gasteiger partial charge in [-0.15, -0.1) is 0 Å². The summed E-state index contributed by atoms with van der Waals surface area (Å²) in [5.74, 6) is 13.8. The smallest absolute Gasteiger partial charge is 0.139 e. The minimum Gasteiger partial charge on any atom is -0.300 e. The number of Topliss-reactive ketones (excluding diaryl/α,β-unsaturated/α-hetero) is 5. The summed E-state index contributed by atoms with van der Waals surface area (Å²) in [6, 6.07) is 35.0. The van der Waals surface area contributed by atoms with Crippen molar-refractivity contribution in [2.24, 2.45) is 133 Å². The molecule has 10 nitrogen and oxygen atoms in total. The number of benzene rings is 5. The Morgan fingerprint density at radius 2 is 0.482 bits per heavy atom. The van der Waals surface area contributed by atoms with Crippen LogP contribution in [0.3, 0.4) is 0 Å². The topological polar surface area (TPSA) is 150 Å². The number of fused-ring (bicyclic) bond motifs is 10. The Morgan fingerprint density at radius 1 is 0.273 bits per heavy atom. The summed E-state index contributed by atoms with van der Waals surface area (Å²) in [7, 11) is 0. The number of ketones is 5. The maximum Gasteiger partial charge on any atom is 0.139 e. The summed E-state index contributed by atoms with van der Waals surface area (Å²) in [4.78, 5) is 85.1. The lowest BCUT2D eigenvalue weighted by molar-refractivity contribution is -0.132. The van der Waals surface area contributed by atoms with Gasteiger partial charge in [0.05, 0.1) is 27.6 Å². The van der Waals surface area contributed by atoms with Crippen LogP contribution in [0.5, 0.6) is 0 Å². The van der Waals surface area contributed by atoms with Gasteiger partial charge < -0.3 is 0 Å². The lowest BCUT2D eigenvalue weighted by Crippen LogP contribution is -2.34. The molecule has 10 saturated carbocycles. The van der Waals surface area contributed by atoms with Crippen LogP contribution in [0.15, 0.2) is 152 Å². The Balaban J connectivity index is 0.000000125. The third-order valence-corrected chi connectivity index (χ3v) is 35.0. The highest BCUT2D eigenvalue weighted by molar-refractivity contribution is 5.88. The van der Waals surface area contributed by atoms with E-state index in [4.69, 9.17) is 0 Å². The van der Waals surface area contributed by atoms with Crippen molar-refractivity contribution in [3.63, 3.8) is 0 Å². The van der Waals surface area contributed by atoms with E-state index < -0.39 is 0 Å². The number of hydrogen-bond donors (Lipinski definition) is 0. The van der Waals surface area contributed by atoms with Crippen LogP contribution in [0.2, 0.25) is 0 Å². The second-order valence-electron chi connectivity index (χ2n) is 52.4. The molecule has 744 valence electrons. The summed E-state index contributed by atoms with van der Waals surface area (Å²) in [5, 5.41) is 4.85. The number of halogens is 5. The average molecular weight is 1890 g/mol.